The number of anilines is 1. The van der Waals surface area contributed by atoms with Gasteiger partial charge in [-0.25, -0.2) is 0 Å². The van der Waals surface area contributed by atoms with Gasteiger partial charge in [-0.15, -0.1) is 0 Å². The number of hydrogen-bond donors (Lipinski definition) is 1. The number of para-hydroxylation sites is 1. The summed E-state index contributed by atoms with van der Waals surface area (Å²) in [5.41, 5.74) is 3.43. The monoisotopic (exact) mass is 371 g/mol. The molecule has 6 heteroatoms. The van der Waals surface area contributed by atoms with Crippen LogP contribution in [0.15, 0.2) is 54.7 Å². The molecule has 1 fully saturated rings. The minimum atomic E-state index is 0.0889. The SMILES string of the molecule is N#Cc1ccccc1N1CCN(C(=O)Cn2ccc3c(C=N)cccc32)CC1. The molecule has 2 aromatic carbocycles. The highest BCUT2D eigenvalue weighted by Gasteiger charge is 2.23. The van der Waals surface area contributed by atoms with Crippen LogP contribution in [-0.2, 0) is 11.3 Å². The number of amides is 1. The number of nitrogens with one attached hydrogen (secondary N) is 1. The smallest absolute Gasteiger partial charge is 0.242 e. The summed E-state index contributed by atoms with van der Waals surface area (Å²) in [4.78, 5) is 16.9. The molecule has 1 aliphatic heterocycles. The topological polar surface area (TPSA) is 76.1 Å². The van der Waals surface area contributed by atoms with Gasteiger partial charge in [-0.3, -0.25) is 4.79 Å². The van der Waals surface area contributed by atoms with Crippen LogP contribution in [0.4, 0.5) is 5.69 Å². The second kappa shape index (κ2) is 7.57. The van der Waals surface area contributed by atoms with E-state index in [2.05, 4.69) is 11.0 Å². The van der Waals surface area contributed by atoms with E-state index in [1.807, 2.05) is 64.2 Å². The molecule has 0 radical (unpaired) electrons. The van der Waals surface area contributed by atoms with Gasteiger partial charge < -0.3 is 19.8 Å². The van der Waals surface area contributed by atoms with Gasteiger partial charge in [0.15, 0.2) is 0 Å². The maximum Gasteiger partial charge on any atom is 0.242 e. The molecular weight excluding hydrogens is 350 g/mol. The zero-order valence-corrected chi connectivity index (χ0v) is 15.5. The van der Waals surface area contributed by atoms with Crippen molar-refractivity contribution in [2.75, 3.05) is 31.1 Å². The van der Waals surface area contributed by atoms with Crippen LogP contribution in [0.2, 0.25) is 0 Å². The summed E-state index contributed by atoms with van der Waals surface area (Å²) in [6, 6.07) is 17.6. The summed E-state index contributed by atoms with van der Waals surface area (Å²) in [6.45, 7) is 3.01. The second-order valence-electron chi connectivity index (χ2n) is 6.86. The second-order valence-corrected chi connectivity index (χ2v) is 6.86. The summed E-state index contributed by atoms with van der Waals surface area (Å²) < 4.78 is 1.95. The average molecular weight is 371 g/mol. The highest BCUT2D eigenvalue weighted by atomic mass is 16.2. The molecule has 1 aliphatic rings. The van der Waals surface area contributed by atoms with Gasteiger partial charge in [0.1, 0.15) is 12.6 Å². The molecule has 2 heterocycles. The Morgan fingerprint density at radius 2 is 1.86 bits per heavy atom. The van der Waals surface area contributed by atoms with Crippen molar-refractivity contribution in [3.8, 4) is 6.07 Å². The van der Waals surface area contributed by atoms with Crippen LogP contribution >= 0.6 is 0 Å². The zero-order valence-electron chi connectivity index (χ0n) is 15.5. The first-order chi connectivity index (χ1) is 13.7. The van der Waals surface area contributed by atoms with Crippen LogP contribution in [0.25, 0.3) is 10.9 Å². The quantitative estimate of drug-likeness (QED) is 0.717. The van der Waals surface area contributed by atoms with Crippen molar-refractivity contribution >= 4 is 28.7 Å². The summed E-state index contributed by atoms with van der Waals surface area (Å²) in [5, 5.41) is 17.8. The first-order valence-corrected chi connectivity index (χ1v) is 9.31. The number of rotatable bonds is 4. The molecule has 0 atom stereocenters. The third-order valence-electron chi connectivity index (χ3n) is 5.31. The van der Waals surface area contributed by atoms with Crippen molar-refractivity contribution in [3.63, 3.8) is 0 Å². The van der Waals surface area contributed by atoms with Crippen molar-refractivity contribution in [3.05, 3.63) is 65.9 Å². The summed E-state index contributed by atoms with van der Waals surface area (Å²) in [7, 11) is 0. The largest absolute Gasteiger partial charge is 0.367 e. The predicted molar refractivity (Wildman–Crippen MR) is 110 cm³/mol. The molecule has 0 unspecified atom stereocenters. The lowest BCUT2D eigenvalue weighted by Crippen LogP contribution is -2.49. The minimum Gasteiger partial charge on any atom is -0.367 e. The van der Waals surface area contributed by atoms with E-state index in [4.69, 9.17) is 5.41 Å². The molecule has 6 nitrogen and oxygen atoms in total. The van der Waals surface area contributed by atoms with E-state index in [0.717, 1.165) is 35.2 Å². The molecule has 1 N–H and O–H groups in total. The molecular formula is C22H21N5O. The minimum absolute atomic E-state index is 0.0889. The van der Waals surface area contributed by atoms with E-state index in [1.54, 1.807) is 0 Å². The number of carbonyl (C=O) groups excluding carboxylic acids is 1. The highest BCUT2D eigenvalue weighted by molar-refractivity contribution is 5.98. The van der Waals surface area contributed by atoms with Crippen molar-refractivity contribution in [1.82, 2.24) is 9.47 Å². The van der Waals surface area contributed by atoms with Gasteiger partial charge in [0.05, 0.1) is 11.3 Å². The molecule has 28 heavy (non-hydrogen) atoms. The highest BCUT2D eigenvalue weighted by Crippen LogP contribution is 2.22. The number of fused-ring (bicyclic) bond motifs is 1. The fourth-order valence-corrected chi connectivity index (χ4v) is 3.80. The van der Waals surface area contributed by atoms with E-state index in [-0.39, 0.29) is 5.91 Å². The number of carbonyl (C=O) groups is 1. The van der Waals surface area contributed by atoms with Crippen LogP contribution in [0, 0.1) is 16.7 Å². The first kappa shape index (κ1) is 17.8. The molecule has 1 aromatic heterocycles. The van der Waals surface area contributed by atoms with Crippen molar-refractivity contribution < 1.29 is 4.79 Å². The Morgan fingerprint density at radius 3 is 2.61 bits per heavy atom. The lowest BCUT2D eigenvalue weighted by atomic mass is 10.1. The number of piperazine rings is 1. The van der Waals surface area contributed by atoms with Crippen LogP contribution in [0.3, 0.4) is 0 Å². The Hall–Kier alpha value is -3.59. The Labute approximate surface area is 163 Å². The zero-order chi connectivity index (χ0) is 19.5. The maximum absolute atomic E-state index is 12.8. The Bertz CT molecular complexity index is 1070. The van der Waals surface area contributed by atoms with Gasteiger partial charge in [0, 0.05) is 55.1 Å². The maximum atomic E-state index is 12.8. The molecule has 0 spiro atoms. The summed E-state index contributed by atoms with van der Waals surface area (Å²) in [6.07, 6.45) is 3.25. The van der Waals surface area contributed by atoms with Gasteiger partial charge >= 0.3 is 0 Å². The fraction of sp³-hybridized carbons (Fsp3) is 0.227. The Kier molecular flexibility index (Phi) is 4.81. The molecule has 1 saturated heterocycles. The van der Waals surface area contributed by atoms with Crippen molar-refractivity contribution in [2.45, 2.75) is 6.54 Å². The summed E-state index contributed by atoms with van der Waals surface area (Å²) >= 11 is 0. The van der Waals surface area contributed by atoms with Gasteiger partial charge in [-0.1, -0.05) is 24.3 Å². The van der Waals surface area contributed by atoms with E-state index in [9.17, 15) is 10.1 Å². The molecule has 1 amide bonds. The van der Waals surface area contributed by atoms with E-state index in [1.165, 1.54) is 6.21 Å². The third kappa shape index (κ3) is 3.23. The standard InChI is InChI=1S/C22H21N5O/c23-14-17-5-3-7-21-19(17)8-9-27(21)16-22(28)26-12-10-25(11-13-26)20-6-2-1-4-18(20)15-24/h1-9,14,23H,10-13,16H2. The predicted octanol–water partition coefficient (Wildman–Crippen LogP) is 2.86. The number of nitriles is 1. The van der Waals surface area contributed by atoms with Gasteiger partial charge in [-0.05, 0) is 24.3 Å². The van der Waals surface area contributed by atoms with Crippen LogP contribution < -0.4 is 4.90 Å². The lowest BCUT2D eigenvalue weighted by molar-refractivity contribution is -0.132. The summed E-state index contributed by atoms with van der Waals surface area (Å²) in [5.74, 6) is 0.0889. The fourth-order valence-electron chi connectivity index (χ4n) is 3.80. The van der Waals surface area contributed by atoms with E-state index in [0.29, 0.717) is 25.2 Å². The number of nitrogens with zero attached hydrogens (tertiary/aromatic N) is 4. The van der Waals surface area contributed by atoms with Gasteiger partial charge in [0.25, 0.3) is 0 Å². The third-order valence-corrected chi connectivity index (χ3v) is 5.31. The number of benzene rings is 2. The van der Waals surface area contributed by atoms with Gasteiger partial charge in [-0.2, -0.15) is 5.26 Å². The van der Waals surface area contributed by atoms with E-state index < -0.39 is 0 Å². The normalized spacial score (nSPS) is 14.1. The Balaban J connectivity index is 1.44. The molecule has 3 aromatic rings. The van der Waals surface area contributed by atoms with Crippen LogP contribution in [0.1, 0.15) is 11.1 Å². The van der Waals surface area contributed by atoms with Crippen LogP contribution in [-0.4, -0.2) is 47.8 Å². The lowest BCUT2D eigenvalue weighted by Gasteiger charge is -2.36. The molecule has 0 aliphatic carbocycles. The first-order valence-electron chi connectivity index (χ1n) is 9.31. The molecule has 4 rings (SSSR count). The average Bonchev–Trinajstić information content (AvgIpc) is 3.16. The number of aromatic nitrogens is 1. The van der Waals surface area contributed by atoms with Crippen molar-refractivity contribution in [2.24, 2.45) is 0 Å². The number of hydrogen-bond acceptors (Lipinski definition) is 4. The van der Waals surface area contributed by atoms with Gasteiger partial charge in [0.2, 0.25) is 5.91 Å². The Morgan fingerprint density at radius 1 is 1.07 bits per heavy atom. The van der Waals surface area contributed by atoms with Crippen LogP contribution in [0.5, 0.6) is 0 Å². The van der Waals surface area contributed by atoms with E-state index >= 15 is 0 Å². The molecule has 0 bridgehead atoms. The molecule has 140 valence electrons. The molecule has 0 saturated carbocycles. The van der Waals surface area contributed by atoms with Crippen molar-refractivity contribution in [1.29, 1.82) is 10.7 Å².